The van der Waals surface area contributed by atoms with E-state index in [0.717, 1.165) is 40.8 Å². The third-order valence-electron chi connectivity index (χ3n) is 3.01. The van der Waals surface area contributed by atoms with E-state index in [4.69, 9.17) is 0 Å². The van der Waals surface area contributed by atoms with Gasteiger partial charge >= 0.3 is 0 Å². The van der Waals surface area contributed by atoms with E-state index >= 15 is 0 Å². The third-order valence-corrected chi connectivity index (χ3v) is 3.84. The maximum atomic E-state index is 11.7. The van der Waals surface area contributed by atoms with Gasteiger partial charge in [0.1, 0.15) is 10.0 Å². The molecular weight excluding hydrogens is 250 g/mol. The average molecular weight is 263 g/mol. The van der Waals surface area contributed by atoms with Crippen LogP contribution in [0.1, 0.15) is 21.3 Å². The summed E-state index contributed by atoms with van der Waals surface area (Å²) in [6, 6.07) is 0. The molecular formula is C11H13N5OS. The maximum Gasteiger partial charge on any atom is 0.255 e. The lowest BCUT2D eigenvalue weighted by molar-refractivity contribution is 0.241. The predicted octanol–water partition coefficient (Wildman–Crippen LogP) is 0.488. The molecule has 0 unspecified atom stereocenters. The Labute approximate surface area is 108 Å². The second-order valence-corrected chi connectivity index (χ2v) is 5.60. The van der Waals surface area contributed by atoms with Gasteiger partial charge < -0.3 is 4.98 Å². The number of fused-ring (bicyclic) bond motifs is 1. The molecule has 94 valence electrons. The second-order valence-electron chi connectivity index (χ2n) is 4.33. The Hall–Kier alpha value is -1.60. The van der Waals surface area contributed by atoms with Gasteiger partial charge in [-0.1, -0.05) is 0 Å². The first-order chi connectivity index (χ1) is 8.72. The van der Waals surface area contributed by atoms with Crippen molar-refractivity contribution in [3.05, 3.63) is 38.0 Å². The summed E-state index contributed by atoms with van der Waals surface area (Å²) < 4.78 is 0. The maximum absolute atomic E-state index is 11.7. The summed E-state index contributed by atoms with van der Waals surface area (Å²) >= 11 is 1.60. The van der Waals surface area contributed by atoms with Gasteiger partial charge in [0.15, 0.2) is 0 Å². The molecule has 0 amide bonds. The number of nitrogens with zero attached hydrogens (tertiary/aromatic N) is 4. The van der Waals surface area contributed by atoms with Crippen LogP contribution < -0.4 is 5.56 Å². The summed E-state index contributed by atoms with van der Waals surface area (Å²) in [6.07, 6.45) is 2.29. The average Bonchev–Trinajstić information content (AvgIpc) is 2.76. The molecule has 7 heteroatoms. The number of aromatic amines is 1. The van der Waals surface area contributed by atoms with Gasteiger partial charge in [0.25, 0.3) is 5.56 Å². The number of aromatic nitrogens is 4. The van der Waals surface area contributed by atoms with Gasteiger partial charge in [-0.3, -0.25) is 9.69 Å². The third kappa shape index (κ3) is 2.19. The molecule has 0 aliphatic carbocycles. The van der Waals surface area contributed by atoms with Gasteiger partial charge in [-0.25, -0.2) is 4.98 Å². The SMILES string of the molecule is Cc1nnc(CN2CCc3nc[nH]c(=O)c3C2)s1. The van der Waals surface area contributed by atoms with E-state index in [1.807, 2.05) is 6.92 Å². The highest BCUT2D eigenvalue weighted by atomic mass is 32.1. The zero-order chi connectivity index (χ0) is 12.5. The molecule has 2 aromatic rings. The van der Waals surface area contributed by atoms with Crippen LogP contribution in [0.2, 0.25) is 0 Å². The summed E-state index contributed by atoms with van der Waals surface area (Å²) in [5.74, 6) is 0. The quantitative estimate of drug-likeness (QED) is 0.853. The topological polar surface area (TPSA) is 74.8 Å². The van der Waals surface area contributed by atoms with Gasteiger partial charge in [-0.15, -0.1) is 21.5 Å². The molecule has 3 heterocycles. The van der Waals surface area contributed by atoms with E-state index < -0.39 is 0 Å². The molecule has 0 spiro atoms. The smallest absolute Gasteiger partial charge is 0.255 e. The molecule has 0 radical (unpaired) electrons. The van der Waals surface area contributed by atoms with Crippen LogP contribution in [0.4, 0.5) is 0 Å². The summed E-state index contributed by atoms with van der Waals surface area (Å²) in [5.41, 5.74) is 1.67. The predicted molar refractivity (Wildman–Crippen MR) is 67.3 cm³/mol. The summed E-state index contributed by atoms with van der Waals surface area (Å²) in [4.78, 5) is 20.8. The molecule has 1 aliphatic heterocycles. The molecule has 18 heavy (non-hydrogen) atoms. The first-order valence-corrected chi connectivity index (χ1v) is 6.61. The van der Waals surface area contributed by atoms with Gasteiger partial charge in [-0.05, 0) is 6.92 Å². The van der Waals surface area contributed by atoms with Gasteiger partial charge in [0.2, 0.25) is 0 Å². The standard InChI is InChI=1S/C11H13N5OS/c1-7-14-15-10(18-7)5-16-3-2-9-8(4-16)11(17)13-6-12-9/h6H,2-5H2,1H3,(H,12,13,17). The van der Waals surface area contributed by atoms with Crippen LogP contribution in [0.3, 0.4) is 0 Å². The van der Waals surface area contributed by atoms with Gasteiger partial charge in [0, 0.05) is 19.5 Å². The monoisotopic (exact) mass is 263 g/mol. The van der Waals surface area contributed by atoms with Crippen LogP contribution in [0.5, 0.6) is 0 Å². The molecule has 0 fully saturated rings. The number of hydrogen-bond acceptors (Lipinski definition) is 6. The van der Waals surface area contributed by atoms with Crippen LogP contribution in [0.25, 0.3) is 0 Å². The van der Waals surface area contributed by atoms with Gasteiger partial charge in [0.05, 0.1) is 24.1 Å². The molecule has 3 rings (SSSR count). The van der Waals surface area contributed by atoms with Crippen molar-refractivity contribution in [1.29, 1.82) is 0 Å². The number of H-pyrrole nitrogens is 1. The fraction of sp³-hybridized carbons (Fsp3) is 0.455. The molecule has 6 nitrogen and oxygen atoms in total. The Morgan fingerprint density at radius 3 is 3.17 bits per heavy atom. The Kier molecular flexibility index (Phi) is 2.92. The minimum absolute atomic E-state index is 0.0295. The molecule has 0 aromatic carbocycles. The highest BCUT2D eigenvalue weighted by Crippen LogP contribution is 2.17. The van der Waals surface area contributed by atoms with E-state index in [0.29, 0.717) is 6.54 Å². The normalized spacial score (nSPS) is 15.6. The first-order valence-electron chi connectivity index (χ1n) is 5.79. The molecule has 2 aromatic heterocycles. The lowest BCUT2D eigenvalue weighted by atomic mass is 10.1. The minimum atomic E-state index is -0.0295. The van der Waals surface area contributed by atoms with E-state index in [-0.39, 0.29) is 5.56 Å². The Balaban J connectivity index is 1.78. The van der Waals surface area contributed by atoms with Crippen molar-refractivity contribution in [1.82, 2.24) is 25.1 Å². The van der Waals surface area contributed by atoms with Crippen LogP contribution in [-0.4, -0.2) is 31.6 Å². The summed E-state index contributed by atoms with van der Waals surface area (Å²) in [5, 5.41) is 10.1. The van der Waals surface area contributed by atoms with Crippen molar-refractivity contribution in [2.75, 3.05) is 6.54 Å². The van der Waals surface area contributed by atoms with Crippen LogP contribution in [-0.2, 0) is 19.5 Å². The van der Waals surface area contributed by atoms with E-state index in [1.165, 1.54) is 6.33 Å². The lowest BCUT2D eigenvalue weighted by Crippen LogP contribution is -2.34. The molecule has 0 saturated carbocycles. The fourth-order valence-electron chi connectivity index (χ4n) is 2.14. The van der Waals surface area contributed by atoms with E-state index in [1.54, 1.807) is 11.3 Å². The highest BCUT2D eigenvalue weighted by Gasteiger charge is 2.20. The van der Waals surface area contributed by atoms with Crippen molar-refractivity contribution in [2.45, 2.75) is 26.4 Å². The van der Waals surface area contributed by atoms with Gasteiger partial charge in [-0.2, -0.15) is 0 Å². The zero-order valence-electron chi connectivity index (χ0n) is 10.0. The lowest BCUT2D eigenvalue weighted by Gasteiger charge is -2.26. The number of rotatable bonds is 2. The van der Waals surface area contributed by atoms with E-state index in [9.17, 15) is 4.79 Å². The van der Waals surface area contributed by atoms with Crippen molar-refractivity contribution in [3.8, 4) is 0 Å². The second kappa shape index (κ2) is 4.58. The summed E-state index contributed by atoms with van der Waals surface area (Å²) in [7, 11) is 0. The van der Waals surface area contributed by atoms with Crippen molar-refractivity contribution >= 4 is 11.3 Å². The van der Waals surface area contributed by atoms with Crippen molar-refractivity contribution in [3.63, 3.8) is 0 Å². The van der Waals surface area contributed by atoms with Crippen LogP contribution in [0.15, 0.2) is 11.1 Å². The molecule has 1 N–H and O–H groups in total. The minimum Gasteiger partial charge on any atom is -0.313 e. The summed E-state index contributed by atoms with van der Waals surface area (Å²) in [6.45, 7) is 4.24. The van der Waals surface area contributed by atoms with Crippen molar-refractivity contribution in [2.24, 2.45) is 0 Å². The highest BCUT2D eigenvalue weighted by molar-refractivity contribution is 7.11. The van der Waals surface area contributed by atoms with E-state index in [2.05, 4.69) is 25.1 Å². The zero-order valence-corrected chi connectivity index (χ0v) is 10.8. The first kappa shape index (κ1) is 11.5. The van der Waals surface area contributed by atoms with Crippen molar-refractivity contribution < 1.29 is 0 Å². The Morgan fingerprint density at radius 1 is 1.50 bits per heavy atom. The number of aryl methyl sites for hydroxylation is 1. The van der Waals surface area contributed by atoms with Crippen LogP contribution in [0, 0.1) is 6.92 Å². The largest absolute Gasteiger partial charge is 0.313 e. The molecule has 0 saturated heterocycles. The molecule has 1 aliphatic rings. The molecule has 0 bridgehead atoms. The Morgan fingerprint density at radius 2 is 2.39 bits per heavy atom. The molecule has 0 atom stereocenters. The Bertz CT molecular complexity index is 620. The van der Waals surface area contributed by atoms with Crippen LogP contribution >= 0.6 is 11.3 Å². The fourth-order valence-corrected chi connectivity index (χ4v) is 2.89. The number of nitrogens with one attached hydrogen (secondary N) is 1. The number of hydrogen-bond donors (Lipinski definition) is 1.